The Kier molecular flexibility index (Phi) is 5.19. The highest BCUT2D eigenvalue weighted by Crippen LogP contribution is 2.40. The molecule has 1 aliphatic carbocycles. The van der Waals surface area contributed by atoms with Gasteiger partial charge < -0.3 is 24.4 Å². The Labute approximate surface area is 177 Å². The summed E-state index contributed by atoms with van der Waals surface area (Å²) in [5, 5.41) is 3.15. The van der Waals surface area contributed by atoms with Gasteiger partial charge in [0.05, 0.1) is 30.9 Å². The second-order valence-electron chi connectivity index (χ2n) is 9.20. The van der Waals surface area contributed by atoms with Gasteiger partial charge in [0.1, 0.15) is 12.4 Å². The fraction of sp³-hybridized carbons (Fsp3) is 0.652. The summed E-state index contributed by atoms with van der Waals surface area (Å²) in [4.78, 5) is 27.3. The zero-order valence-electron chi connectivity index (χ0n) is 17.5. The van der Waals surface area contributed by atoms with Crippen molar-refractivity contribution in [2.75, 3.05) is 26.4 Å². The molecule has 5 aliphatic rings. The quantitative estimate of drug-likeness (QED) is 0.703. The smallest absolute Gasteiger partial charge is 0.261 e. The van der Waals surface area contributed by atoms with Gasteiger partial charge in [-0.3, -0.25) is 9.59 Å². The van der Waals surface area contributed by atoms with Crippen LogP contribution >= 0.6 is 0 Å². The van der Waals surface area contributed by atoms with Gasteiger partial charge in [-0.05, 0) is 56.6 Å². The Bertz CT molecular complexity index is 822. The molecule has 1 saturated carbocycles. The number of benzene rings is 1. The van der Waals surface area contributed by atoms with Crippen molar-refractivity contribution in [3.05, 3.63) is 29.8 Å². The van der Waals surface area contributed by atoms with E-state index in [1.165, 1.54) is 5.56 Å². The zero-order chi connectivity index (χ0) is 20.7. The fourth-order valence-electron chi connectivity index (χ4n) is 5.89. The fourth-order valence-corrected chi connectivity index (χ4v) is 5.89. The molecule has 162 valence electrons. The number of ether oxygens (including phenoxy) is 3. The zero-order valence-corrected chi connectivity index (χ0v) is 17.5. The molecule has 0 aromatic heterocycles. The van der Waals surface area contributed by atoms with Crippen LogP contribution < -0.4 is 10.1 Å². The molecule has 7 heteroatoms. The second kappa shape index (κ2) is 7.85. The minimum atomic E-state index is -0.598. The SMILES string of the molecule is C[C@@H]1C[C@@]2(COCC(=O)N2)[C@@H]2COC3CCC(CC3)c3ccccc3OCC(=O)N12. The molecule has 2 bridgehead atoms. The van der Waals surface area contributed by atoms with Crippen LogP contribution in [0.3, 0.4) is 0 Å². The first kappa shape index (κ1) is 19.8. The van der Waals surface area contributed by atoms with Crippen LogP contribution in [0.2, 0.25) is 0 Å². The Morgan fingerprint density at radius 2 is 1.90 bits per heavy atom. The summed E-state index contributed by atoms with van der Waals surface area (Å²) in [7, 11) is 0. The average Bonchev–Trinajstić information content (AvgIpc) is 3.01. The molecular weight excluding hydrogens is 384 g/mol. The number of amides is 2. The van der Waals surface area contributed by atoms with E-state index >= 15 is 0 Å². The van der Waals surface area contributed by atoms with Gasteiger partial charge in [-0.1, -0.05) is 18.2 Å². The molecule has 0 radical (unpaired) electrons. The van der Waals surface area contributed by atoms with E-state index in [-0.39, 0.29) is 43.2 Å². The maximum Gasteiger partial charge on any atom is 0.261 e. The number of para-hydroxylation sites is 1. The molecule has 1 N–H and O–H groups in total. The van der Waals surface area contributed by atoms with Crippen LogP contribution in [0.4, 0.5) is 0 Å². The summed E-state index contributed by atoms with van der Waals surface area (Å²) in [6, 6.07) is 7.79. The molecule has 30 heavy (non-hydrogen) atoms. The summed E-state index contributed by atoms with van der Waals surface area (Å²) in [5.74, 6) is 1.04. The molecule has 3 atom stereocenters. The third-order valence-electron chi connectivity index (χ3n) is 7.25. The molecule has 2 saturated heterocycles. The molecule has 1 aromatic rings. The van der Waals surface area contributed by atoms with E-state index in [1.54, 1.807) is 0 Å². The van der Waals surface area contributed by atoms with E-state index in [1.807, 2.05) is 30.0 Å². The van der Waals surface area contributed by atoms with E-state index in [2.05, 4.69) is 11.4 Å². The van der Waals surface area contributed by atoms with E-state index < -0.39 is 5.54 Å². The number of fused-ring (bicyclic) bond motifs is 5. The minimum absolute atomic E-state index is 0.0150. The van der Waals surface area contributed by atoms with E-state index in [0.29, 0.717) is 25.6 Å². The summed E-state index contributed by atoms with van der Waals surface area (Å²) in [6.45, 7) is 2.89. The number of rotatable bonds is 0. The number of morpholine rings is 1. The first-order valence-corrected chi connectivity index (χ1v) is 11.1. The van der Waals surface area contributed by atoms with Crippen LogP contribution in [0.25, 0.3) is 0 Å². The van der Waals surface area contributed by atoms with Crippen molar-refractivity contribution < 1.29 is 23.8 Å². The van der Waals surface area contributed by atoms with Crippen molar-refractivity contribution in [1.29, 1.82) is 0 Å². The lowest BCUT2D eigenvalue weighted by Crippen LogP contribution is -2.65. The Balaban J connectivity index is 1.47. The Morgan fingerprint density at radius 1 is 1.10 bits per heavy atom. The third-order valence-corrected chi connectivity index (χ3v) is 7.25. The van der Waals surface area contributed by atoms with Gasteiger partial charge in [0.2, 0.25) is 5.91 Å². The molecule has 2 amide bonds. The Morgan fingerprint density at radius 3 is 2.70 bits per heavy atom. The highest BCUT2D eigenvalue weighted by atomic mass is 16.5. The first-order valence-electron chi connectivity index (χ1n) is 11.1. The lowest BCUT2D eigenvalue weighted by atomic mass is 9.82. The monoisotopic (exact) mass is 414 g/mol. The third kappa shape index (κ3) is 3.48. The van der Waals surface area contributed by atoms with E-state index in [9.17, 15) is 9.59 Å². The van der Waals surface area contributed by atoms with Crippen molar-refractivity contribution in [2.45, 2.75) is 68.7 Å². The molecule has 6 rings (SSSR count). The predicted octanol–water partition coefficient (Wildman–Crippen LogP) is 2.00. The van der Waals surface area contributed by atoms with E-state index in [0.717, 1.165) is 31.4 Å². The standard InChI is InChI=1S/C23H30N2O5/c1-15-10-23(14-28-12-21(26)24-23)20-11-29-17-8-6-16(7-9-17)18-4-2-3-5-19(18)30-13-22(27)25(15)20/h2-5,15-17,20H,6-14H2,1H3,(H,24,26)/t15-,16?,17?,20+,23-/m1/s1. The highest BCUT2D eigenvalue weighted by Gasteiger charge is 2.55. The van der Waals surface area contributed by atoms with Crippen LogP contribution in [0, 0.1) is 0 Å². The number of hydrogen-bond acceptors (Lipinski definition) is 5. The lowest BCUT2D eigenvalue weighted by molar-refractivity contribution is -0.145. The number of hydrogen-bond donors (Lipinski definition) is 1. The maximum atomic E-state index is 13.3. The Hall–Kier alpha value is -2.12. The van der Waals surface area contributed by atoms with Gasteiger partial charge in [0.25, 0.3) is 5.91 Å². The predicted molar refractivity (Wildman–Crippen MR) is 109 cm³/mol. The van der Waals surface area contributed by atoms with Crippen molar-refractivity contribution in [1.82, 2.24) is 10.2 Å². The van der Waals surface area contributed by atoms with E-state index in [4.69, 9.17) is 14.2 Å². The van der Waals surface area contributed by atoms with Gasteiger partial charge in [0, 0.05) is 6.04 Å². The summed E-state index contributed by atoms with van der Waals surface area (Å²) in [5.41, 5.74) is 0.595. The highest BCUT2D eigenvalue weighted by molar-refractivity contribution is 5.81. The number of carbonyl (C=O) groups excluding carboxylic acids is 2. The number of nitrogens with one attached hydrogen (secondary N) is 1. The molecule has 0 unspecified atom stereocenters. The first-order chi connectivity index (χ1) is 14.6. The second-order valence-corrected chi connectivity index (χ2v) is 9.20. The van der Waals surface area contributed by atoms with Crippen LogP contribution in [-0.4, -0.2) is 66.9 Å². The van der Waals surface area contributed by atoms with Crippen molar-refractivity contribution in [3.63, 3.8) is 0 Å². The van der Waals surface area contributed by atoms with Gasteiger partial charge in [-0.15, -0.1) is 0 Å². The largest absolute Gasteiger partial charge is 0.483 e. The minimum Gasteiger partial charge on any atom is -0.483 e. The van der Waals surface area contributed by atoms with Gasteiger partial charge in [-0.25, -0.2) is 0 Å². The van der Waals surface area contributed by atoms with Crippen LogP contribution in [0.5, 0.6) is 5.75 Å². The van der Waals surface area contributed by atoms with Crippen LogP contribution in [-0.2, 0) is 19.1 Å². The molecule has 4 aliphatic heterocycles. The van der Waals surface area contributed by atoms with Gasteiger partial charge in [-0.2, -0.15) is 0 Å². The van der Waals surface area contributed by atoms with Crippen LogP contribution in [0.15, 0.2) is 24.3 Å². The maximum absolute atomic E-state index is 13.3. The molecular formula is C23H30N2O5. The average molecular weight is 415 g/mol. The lowest BCUT2D eigenvalue weighted by Gasteiger charge is -2.41. The summed E-state index contributed by atoms with van der Waals surface area (Å²) >= 11 is 0. The van der Waals surface area contributed by atoms with Gasteiger partial charge >= 0.3 is 0 Å². The van der Waals surface area contributed by atoms with Crippen LogP contribution in [0.1, 0.15) is 50.5 Å². The number of nitrogens with zero attached hydrogens (tertiary/aromatic N) is 1. The molecule has 1 spiro atoms. The van der Waals surface area contributed by atoms with Crippen molar-refractivity contribution in [2.24, 2.45) is 0 Å². The molecule has 4 heterocycles. The van der Waals surface area contributed by atoms with Crippen molar-refractivity contribution in [3.8, 4) is 5.75 Å². The molecule has 3 fully saturated rings. The molecule has 1 aromatic carbocycles. The topological polar surface area (TPSA) is 77.1 Å². The van der Waals surface area contributed by atoms with Gasteiger partial charge in [0.15, 0.2) is 6.61 Å². The molecule has 7 nitrogen and oxygen atoms in total. The summed E-state index contributed by atoms with van der Waals surface area (Å²) in [6.07, 6.45) is 4.92. The van der Waals surface area contributed by atoms with Crippen molar-refractivity contribution >= 4 is 11.8 Å². The number of carbonyl (C=O) groups is 2. The normalized spacial score (nSPS) is 36.8. The summed E-state index contributed by atoms with van der Waals surface area (Å²) < 4.78 is 18.0.